The van der Waals surface area contributed by atoms with Crippen LogP contribution in [0.5, 0.6) is 11.5 Å². The summed E-state index contributed by atoms with van der Waals surface area (Å²) in [4.78, 5) is 25.6. The smallest absolute Gasteiger partial charge is 0.329 e. The van der Waals surface area contributed by atoms with Gasteiger partial charge in [0.2, 0.25) is 0 Å². The Bertz CT molecular complexity index is 958. The van der Waals surface area contributed by atoms with Gasteiger partial charge in [-0.3, -0.25) is 9.69 Å². The maximum atomic E-state index is 12.4. The number of carbonyl (C=O) groups is 2. The van der Waals surface area contributed by atoms with Crippen molar-refractivity contribution >= 4 is 49.9 Å². The molecular formula is C21H20Br2N2O4. The van der Waals surface area contributed by atoms with Crippen LogP contribution in [0.25, 0.3) is 6.08 Å². The zero-order valence-electron chi connectivity index (χ0n) is 16.0. The summed E-state index contributed by atoms with van der Waals surface area (Å²) >= 11 is 6.93. The van der Waals surface area contributed by atoms with Crippen molar-refractivity contribution in [1.29, 1.82) is 0 Å². The molecule has 2 aromatic carbocycles. The largest absolute Gasteiger partial charge is 0.493 e. The first kappa shape index (κ1) is 21.4. The molecule has 0 atom stereocenters. The van der Waals surface area contributed by atoms with Gasteiger partial charge in [-0.2, -0.15) is 0 Å². The van der Waals surface area contributed by atoms with E-state index in [-0.39, 0.29) is 11.6 Å². The number of halogens is 2. The van der Waals surface area contributed by atoms with Crippen molar-refractivity contribution in [2.75, 3.05) is 13.7 Å². The molecule has 1 fully saturated rings. The van der Waals surface area contributed by atoms with Crippen LogP contribution in [0.2, 0.25) is 0 Å². The van der Waals surface area contributed by atoms with Gasteiger partial charge >= 0.3 is 6.03 Å². The zero-order valence-corrected chi connectivity index (χ0v) is 19.2. The number of ether oxygens (including phenoxy) is 2. The minimum Gasteiger partial charge on any atom is -0.493 e. The molecule has 1 saturated heterocycles. The first-order valence-corrected chi connectivity index (χ1v) is 10.6. The van der Waals surface area contributed by atoms with E-state index in [2.05, 4.69) is 37.2 Å². The van der Waals surface area contributed by atoms with E-state index in [0.717, 1.165) is 10.0 Å². The predicted octanol–water partition coefficient (Wildman–Crippen LogP) is 5.10. The predicted molar refractivity (Wildman–Crippen MR) is 118 cm³/mol. The van der Waals surface area contributed by atoms with Crippen LogP contribution in [0, 0.1) is 0 Å². The minimum atomic E-state index is -0.399. The Morgan fingerprint density at radius 1 is 1.14 bits per heavy atom. The van der Waals surface area contributed by atoms with E-state index in [1.807, 2.05) is 37.3 Å². The highest BCUT2D eigenvalue weighted by Gasteiger charge is 2.32. The van der Waals surface area contributed by atoms with Gasteiger partial charge in [-0.05, 0) is 63.8 Å². The molecule has 8 heteroatoms. The molecule has 1 heterocycles. The van der Waals surface area contributed by atoms with E-state index in [9.17, 15) is 9.59 Å². The minimum absolute atomic E-state index is 0.237. The molecular weight excluding hydrogens is 504 g/mol. The Morgan fingerprint density at radius 2 is 1.86 bits per heavy atom. The summed E-state index contributed by atoms with van der Waals surface area (Å²) < 4.78 is 13.1. The molecule has 3 rings (SSSR count). The van der Waals surface area contributed by atoms with Crippen molar-refractivity contribution in [2.24, 2.45) is 0 Å². The maximum Gasteiger partial charge on any atom is 0.329 e. The van der Waals surface area contributed by atoms with Gasteiger partial charge in [0.1, 0.15) is 12.3 Å². The van der Waals surface area contributed by atoms with Crippen molar-refractivity contribution in [1.82, 2.24) is 10.2 Å². The molecule has 29 heavy (non-hydrogen) atoms. The molecule has 6 nitrogen and oxygen atoms in total. The van der Waals surface area contributed by atoms with Crippen molar-refractivity contribution in [3.8, 4) is 11.5 Å². The molecule has 0 bridgehead atoms. The number of methoxy groups -OCH3 is 1. The van der Waals surface area contributed by atoms with Crippen LogP contribution in [-0.4, -0.2) is 30.5 Å². The first-order chi connectivity index (χ1) is 13.9. The summed E-state index contributed by atoms with van der Waals surface area (Å²) in [6, 6.07) is 11.0. The number of nitrogens with zero attached hydrogens (tertiary/aromatic N) is 1. The lowest BCUT2D eigenvalue weighted by molar-refractivity contribution is -0.122. The van der Waals surface area contributed by atoms with Gasteiger partial charge in [0.15, 0.2) is 11.5 Å². The molecule has 152 valence electrons. The molecule has 3 amide bonds. The Labute approximate surface area is 186 Å². The van der Waals surface area contributed by atoms with Crippen LogP contribution in [0.1, 0.15) is 24.5 Å². The van der Waals surface area contributed by atoms with Crippen LogP contribution >= 0.6 is 31.9 Å². The number of nitrogens with one attached hydrogen (secondary N) is 1. The second-order valence-corrected chi connectivity index (χ2v) is 8.16. The highest BCUT2D eigenvalue weighted by molar-refractivity contribution is 9.10. The number of amides is 3. The van der Waals surface area contributed by atoms with Crippen molar-refractivity contribution < 1.29 is 19.1 Å². The fourth-order valence-electron chi connectivity index (χ4n) is 2.86. The number of carbonyl (C=O) groups excluding carboxylic acids is 2. The molecule has 0 radical (unpaired) electrons. The number of urea groups is 1. The molecule has 0 aromatic heterocycles. The third-order valence-corrected chi connectivity index (χ3v) is 5.39. The normalized spacial score (nSPS) is 15.0. The van der Waals surface area contributed by atoms with Crippen molar-refractivity contribution in [3.63, 3.8) is 0 Å². The quantitative estimate of drug-likeness (QED) is 0.405. The second kappa shape index (κ2) is 9.45. The average Bonchev–Trinajstić information content (AvgIpc) is 2.96. The Hall–Kier alpha value is -2.32. The third kappa shape index (κ3) is 5.00. The molecule has 1 N–H and O–H groups in total. The fourth-order valence-corrected chi connectivity index (χ4v) is 3.70. The standard InChI is InChI=1S/C21H20Br2N2O4/c1-3-8-25-20(26)17(24-21(25)27)10-14-9-16(23)19(18(11-14)28-2)29-12-13-4-6-15(22)7-5-13/h4-7,9-11H,3,8,12H2,1-2H3,(H,24,27)/b17-10+. The first-order valence-electron chi connectivity index (χ1n) is 9.02. The molecule has 1 aliphatic heterocycles. The lowest BCUT2D eigenvalue weighted by atomic mass is 10.1. The Balaban J connectivity index is 1.82. The molecule has 0 aliphatic carbocycles. The number of benzene rings is 2. The van der Waals surface area contributed by atoms with Gasteiger partial charge in [-0.15, -0.1) is 0 Å². The topological polar surface area (TPSA) is 67.9 Å². The van der Waals surface area contributed by atoms with Gasteiger partial charge in [0, 0.05) is 11.0 Å². The van der Waals surface area contributed by atoms with E-state index < -0.39 is 6.03 Å². The maximum absolute atomic E-state index is 12.4. The molecule has 2 aromatic rings. The van der Waals surface area contributed by atoms with Gasteiger partial charge in [-0.1, -0.05) is 35.0 Å². The molecule has 0 saturated carbocycles. The highest BCUT2D eigenvalue weighted by Crippen LogP contribution is 2.38. The summed E-state index contributed by atoms with van der Waals surface area (Å²) in [5, 5.41) is 2.62. The number of imide groups is 1. The summed E-state index contributed by atoms with van der Waals surface area (Å²) in [7, 11) is 1.55. The lowest BCUT2D eigenvalue weighted by Gasteiger charge is -2.14. The van der Waals surface area contributed by atoms with E-state index in [1.165, 1.54) is 4.90 Å². The van der Waals surface area contributed by atoms with Gasteiger partial charge in [0.05, 0.1) is 11.6 Å². The highest BCUT2D eigenvalue weighted by atomic mass is 79.9. The summed E-state index contributed by atoms with van der Waals surface area (Å²) in [6.45, 7) is 2.68. The number of hydrogen-bond donors (Lipinski definition) is 1. The number of rotatable bonds is 7. The van der Waals surface area contributed by atoms with Crippen LogP contribution in [0.15, 0.2) is 51.0 Å². The average molecular weight is 524 g/mol. The summed E-state index contributed by atoms with van der Waals surface area (Å²) in [5.41, 5.74) is 1.95. The van der Waals surface area contributed by atoms with E-state index >= 15 is 0 Å². The lowest BCUT2D eigenvalue weighted by Crippen LogP contribution is -2.31. The second-order valence-electron chi connectivity index (χ2n) is 6.39. The van der Waals surface area contributed by atoms with Crippen molar-refractivity contribution in [2.45, 2.75) is 20.0 Å². The molecule has 1 aliphatic rings. The molecule has 0 unspecified atom stereocenters. The van der Waals surface area contributed by atoms with E-state index in [4.69, 9.17) is 9.47 Å². The zero-order chi connectivity index (χ0) is 21.0. The SMILES string of the molecule is CCCN1C(=O)N/C(=C/c2cc(Br)c(OCc3ccc(Br)cc3)c(OC)c2)C1=O. The van der Waals surface area contributed by atoms with Crippen LogP contribution in [-0.2, 0) is 11.4 Å². The van der Waals surface area contributed by atoms with Gasteiger partial charge < -0.3 is 14.8 Å². The molecule has 0 spiro atoms. The van der Waals surface area contributed by atoms with Gasteiger partial charge in [-0.25, -0.2) is 4.79 Å². The monoisotopic (exact) mass is 522 g/mol. The van der Waals surface area contributed by atoms with E-state index in [1.54, 1.807) is 19.3 Å². The third-order valence-electron chi connectivity index (χ3n) is 4.27. The van der Waals surface area contributed by atoms with E-state index in [0.29, 0.717) is 41.1 Å². The summed E-state index contributed by atoms with van der Waals surface area (Å²) in [6.07, 6.45) is 2.33. The van der Waals surface area contributed by atoms with Crippen molar-refractivity contribution in [3.05, 3.63) is 62.2 Å². The van der Waals surface area contributed by atoms with Crippen LogP contribution < -0.4 is 14.8 Å². The van der Waals surface area contributed by atoms with Crippen LogP contribution in [0.4, 0.5) is 4.79 Å². The van der Waals surface area contributed by atoms with Gasteiger partial charge in [0.25, 0.3) is 5.91 Å². The summed E-state index contributed by atoms with van der Waals surface area (Å²) in [5.74, 6) is 0.750. The Kier molecular flexibility index (Phi) is 6.97. The fraction of sp³-hybridized carbons (Fsp3) is 0.238. The van der Waals surface area contributed by atoms with Crippen LogP contribution in [0.3, 0.4) is 0 Å². The number of hydrogen-bond acceptors (Lipinski definition) is 4. The Morgan fingerprint density at radius 3 is 2.52 bits per heavy atom.